The Bertz CT molecular complexity index is 803. The zero-order valence-electron chi connectivity index (χ0n) is 16.2. The van der Waals surface area contributed by atoms with Crippen LogP contribution in [0.25, 0.3) is 0 Å². The first-order chi connectivity index (χ1) is 13.7. The lowest BCUT2D eigenvalue weighted by Crippen LogP contribution is -2.37. The van der Waals surface area contributed by atoms with Crippen LogP contribution in [-0.2, 0) is 13.1 Å². The summed E-state index contributed by atoms with van der Waals surface area (Å²) in [6, 6.07) is 7.47. The summed E-state index contributed by atoms with van der Waals surface area (Å²) in [6.45, 7) is 5.36. The van der Waals surface area contributed by atoms with E-state index < -0.39 is 11.6 Å². The smallest absolute Gasteiger partial charge is 0.191 e. The number of nitrogens with one attached hydrogen (secondary N) is 2. The Morgan fingerprint density at radius 1 is 1.11 bits per heavy atom. The Balaban J connectivity index is 1.64. The lowest BCUT2D eigenvalue weighted by molar-refractivity contribution is 0.573. The van der Waals surface area contributed by atoms with Crippen molar-refractivity contribution in [3.05, 3.63) is 59.3 Å². The summed E-state index contributed by atoms with van der Waals surface area (Å²) < 4.78 is 27.1. The normalized spacial score (nSPS) is 14.8. The highest BCUT2D eigenvalue weighted by molar-refractivity contribution is 5.79. The number of piperidine rings is 1. The van der Waals surface area contributed by atoms with Crippen LogP contribution in [0, 0.1) is 11.6 Å². The Morgan fingerprint density at radius 3 is 2.71 bits per heavy atom. The molecule has 0 saturated carbocycles. The minimum absolute atomic E-state index is 0.158. The maximum absolute atomic E-state index is 13.8. The molecule has 2 aromatic rings. The molecule has 2 heterocycles. The van der Waals surface area contributed by atoms with Gasteiger partial charge >= 0.3 is 0 Å². The third kappa shape index (κ3) is 5.65. The number of hydrogen-bond donors (Lipinski definition) is 2. The van der Waals surface area contributed by atoms with Gasteiger partial charge in [0, 0.05) is 37.9 Å². The van der Waals surface area contributed by atoms with Gasteiger partial charge in [0.2, 0.25) is 0 Å². The van der Waals surface area contributed by atoms with Crippen LogP contribution in [0.4, 0.5) is 14.6 Å². The van der Waals surface area contributed by atoms with E-state index in [0.29, 0.717) is 19.0 Å². The van der Waals surface area contributed by atoms with Crippen molar-refractivity contribution < 1.29 is 8.78 Å². The molecule has 1 aromatic heterocycles. The molecule has 1 aliphatic heterocycles. The molecule has 7 heteroatoms. The average Bonchev–Trinajstić information content (AvgIpc) is 2.73. The van der Waals surface area contributed by atoms with Crippen molar-refractivity contribution in [2.24, 2.45) is 4.99 Å². The van der Waals surface area contributed by atoms with Crippen molar-refractivity contribution in [1.29, 1.82) is 0 Å². The highest BCUT2D eigenvalue weighted by Crippen LogP contribution is 2.18. The van der Waals surface area contributed by atoms with Crippen LogP contribution in [0.2, 0.25) is 0 Å². The lowest BCUT2D eigenvalue weighted by atomic mass is 10.1. The van der Waals surface area contributed by atoms with Gasteiger partial charge in [0.1, 0.15) is 17.5 Å². The number of aromatic nitrogens is 1. The number of hydrogen-bond acceptors (Lipinski definition) is 3. The third-order valence-electron chi connectivity index (χ3n) is 4.71. The Labute approximate surface area is 164 Å². The zero-order chi connectivity index (χ0) is 19.8. The van der Waals surface area contributed by atoms with Gasteiger partial charge in [0.25, 0.3) is 0 Å². The van der Waals surface area contributed by atoms with E-state index in [1.807, 2.05) is 19.2 Å². The fraction of sp³-hybridized carbons (Fsp3) is 0.429. The summed E-state index contributed by atoms with van der Waals surface area (Å²) in [5, 5.41) is 6.19. The molecule has 3 rings (SSSR count). The monoisotopic (exact) mass is 387 g/mol. The number of rotatable bonds is 6. The molecular formula is C21H27F2N5. The number of benzene rings is 1. The largest absolute Gasteiger partial charge is 0.357 e. The van der Waals surface area contributed by atoms with Crippen LogP contribution in [0.3, 0.4) is 0 Å². The van der Waals surface area contributed by atoms with E-state index in [4.69, 9.17) is 0 Å². The number of guanidine groups is 1. The number of pyridine rings is 1. The molecule has 150 valence electrons. The van der Waals surface area contributed by atoms with Crippen molar-refractivity contribution in [2.75, 3.05) is 24.5 Å². The van der Waals surface area contributed by atoms with Gasteiger partial charge in [-0.15, -0.1) is 0 Å². The number of aliphatic imine (C=N–C) groups is 1. The topological polar surface area (TPSA) is 52.6 Å². The van der Waals surface area contributed by atoms with Crippen LogP contribution in [0.5, 0.6) is 0 Å². The molecule has 0 atom stereocenters. The minimum Gasteiger partial charge on any atom is -0.357 e. The molecule has 0 aliphatic carbocycles. The van der Waals surface area contributed by atoms with E-state index >= 15 is 0 Å². The Kier molecular flexibility index (Phi) is 7.17. The van der Waals surface area contributed by atoms with E-state index in [1.54, 1.807) is 0 Å². The third-order valence-corrected chi connectivity index (χ3v) is 4.71. The van der Waals surface area contributed by atoms with Crippen LogP contribution in [0.1, 0.15) is 37.3 Å². The van der Waals surface area contributed by atoms with E-state index in [1.165, 1.54) is 25.3 Å². The van der Waals surface area contributed by atoms with E-state index in [-0.39, 0.29) is 12.1 Å². The van der Waals surface area contributed by atoms with Crippen molar-refractivity contribution in [1.82, 2.24) is 15.6 Å². The standard InChI is InChI=1S/C21H27F2N5/c1-2-24-21(27-15-17-13-18(22)6-7-19(17)23)26-14-16-8-9-25-20(12-16)28-10-4-3-5-11-28/h6-9,12-13H,2-5,10-11,14-15H2,1H3,(H2,24,26,27). The average molecular weight is 387 g/mol. The second-order valence-corrected chi connectivity index (χ2v) is 6.85. The molecular weight excluding hydrogens is 360 g/mol. The van der Waals surface area contributed by atoms with Gasteiger partial charge in [-0.05, 0) is 62.1 Å². The van der Waals surface area contributed by atoms with Crippen LogP contribution < -0.4 is 15.5 Å². The van der Waals surface area contributed by atoms with Crippen LogP contribution >= 0.6 is 0 Å². The van der Waals surface area contributed by atoms with Gasteiger partial charge in [-0.1, -0.05) is 0 Å². The summed E-state index contributed by atoms with van der Waals surface area (Å²) in [7, 11) is 0. The number of nitrogens with zero attached hydrogens (tertiary/aromatic N) is 3. The van der Waals surface area contributed by atoms with Gasteiger partial charge in [-0.3, -0.25) is 0 Å². The molecule has 1 aromatic carbocycles. The van der Waals surface area contributed by atoms with Gasteiger partial charge in [0.15, 0.2) is 5.96 Å². The molecule has 1 fully saturated rings. The second kappa shape index (κ2) is 10.0. The molecule has 0 bridgehead atoms. The quantitative estimate of drug-likeness (QED) is 0.587. The molecule has 0 unspecified atom stereocenters. The van der Waals surface area contributed by atoms with Crippen molar-refractivity contribution >= 4 is 11.8 Å². The highest BCUT2D eigenvalue weighted by atomic mass is 19.1. The maximum Gasteiger partial charge on any atom is 0.191 e. The SMILES string of the molecule is CCNC(=NCc1ccnc(N2CCCCC2)c1)NCc1cc(F)ccc1F. The van der Waals surface area contributed by atoms with Gasteiger partial charge in [0.05, 0.1) is 6.54 Å². The number of anilines is 1. The summed E-state index contributed by atoms with van der Waals surface area (Å²) >= 11 is 0. The molecule has 2 N–H and O–H groups in total. The molecule has 1 saturated heterocycles. The molecule has 0 radical (unpaired) electrons. The zero-order valence-corrected chi connectivity index (χ0v) is 16.2. The summed E-state index contributed by atoms with van der Waals surface area (Å²) in [6.07, 6.45) is 5.51. The molecule has 1 aliphatic rings. The molecule has 0 spiro atoms. The Morgan fingerprint density at radius 2 is 1.93 bits per heavy atom. The van der Waals surface area contributed by atoms with Gasteiger partial charge in [-0.25, -0.2) is 18.8 Å². The molecule has 5 nitrogen and oxygen atoms in total. The fourth-order valence-electron chi connectivity index (χ4n) is 3.22. The van der Waals surface area contributed by atoms with Crippen molar-refractivity contribution in [3.8, 4) is 0 Å². The molecule has 0 amide bonds. The fourth-order valence-corrected chi connectivity index (χ4v) is 3.22. The summed E-state index contributed by atoms with van der Waals surface area (Å²) in [4.78, 5) is 11.4. The number of halogens is 2. The highest BCUT2D eigenvalue weighted by Gasteiger charge is 2.12. The second-order valence-electron chi connectivity index (χ2n) is 6.85. The van der Waals surface area contributed by atoms with Crippen molar-refractivity contribution in [3.63, 3.8) is 0 Å². The predicted molar refractivity (Wildman–Crippen MR) is 108 cm³/mol. The molecule has 28 heavy (non-hydrogen) atoms. The first-order valence-electron chi connectivity index (χ1n) is 9.81. The Hall–Kier alpha value is -2.70. The van der Waals surface area contributed by atoms with Crippen LogP contribution in [0.15, 0.2) is 41.5 Å². The van der Waals surface area contributed by atoms with E-state index in [9.17, 15) is 8.78 Å². The van der Waals surface area contributed by atoms with Crippen LogP contribution in [-0.4, -0.2) is 30.6 Å². The lowest BCUT2D eigenvalue weighted by Gasteiger charge is -2.27. The van der Waals surface area contributed by atoms with Gasteiger partial charge in [-0.2, -0.15) is 0 Å². The van der Waals surface area contributed by atoms with E-state index in [0.717, 1.165) is 36.6 Å². The first kappa shape index (κ1) is 20.0. The summed E-state index contributed by atoms with van der Waals surface area (Å²) in [5.74, 6) is 0.655. The predicted octanol–water partition coefficient (Wildman–Crippen LogP) is 3.61. The summed E-state index contributed by atoms with van der Waals surface area (Å²) in [5.41, 5.74) is 1.33. The maximum atomic E-state index is 13.8. The minimum atomic E-state index is -0.456. The van der Waals surface area contributed by atoms with Gasteiger partial charge < -0.3 is 15.5 Å². The first-order valence-corrected chi connectivity index (χ1v) is 9.81. The van der Waals surface area contributed by atoms with E-state index in [2.05, 4.69) is 31.6 Å². The van der Waals surface area contributed by atoms with Crippen molar-refractivity contribution in [2.45, 2.75) is 39.3 Å².